The number of halogens is 2. The fourth-order valence-corrected chi connectivity index (χ4v) is 4.12. The number of rotatable bonds is 8. The van der Waals surface area contributed by atoms with Crippen molar-refractivity contribution in [3.63, 3.8) is 0 Å². The van der Waals surface area contributed by atoms with Gasteiger partial charge in [0, 0.05) is 19.6 Å². The van der Waals surface area contributed by atoms with E-state index in [1.54, 1.807) is 28.8 Å². The Hall–Kier alpha value is -2.98. The molecule has 0 unspecified atom stereocenters. The first kappa shape index (κ1) is 22.2. The molecule has 0 saturated carbocycles. The molecule has 1 saturated heterocycles. The molecule has 32 heavy (non-hydrogen) atoms. The minimum atomic E-state index is -0.362. The Morgan fingerprint density at radius 3 is 2.59 bits per heavy atom. The Balaban J connectivity index is 1.41. The van der Waals surface area contributed by atoms with Gasteiger partial charge in [-0.2, -0.15) is 0 Å². The first-order valence-corrected chi connectivity index (χ1v) is 11.3. The molecule has 1 fully saturated rings. The molecule has 0 atom stereocenters. The van der Waals surface area contributed by atoms with Crippen LogP contribution in [0.2, 0.25) is 0 Å². The zero-order valence-electron chi connectivity index (χ0n) is 17.3. The van der Waals surface area contributed by atoms with Crippen molar-refractivity contribution in [1.82, 2.24) is 20.1 Å². The summed E-state index contributed by atoms with van der Waals surface area (Å²) in [7, 11) is 0. The predicted molar refractivity (Wildman–Crippen MR) is 118 cm³/mol. The van der Waals surface area contributed by atoms with Crippen molar-refractivity contribution < 1.29 is 18.3 Å². The molecule has 0 bridgehead atoms. The van der Waals surface area contributed by atoms with Gasteiger partial charge >= 0.3 is 0 Å². The third-order valence-electron chi connectivity index (χ3n) is 4.96. The second kappa shape index (κ2) is 10.6. The highest BCUT2D eigenvalue weighted by molar-refractivity contribution is 7.99. The van der Waals surface area contributed by atoms with Gasteiger partial charge in [-0.1, -0.05) is 30.0 Å². The molecule has 0 radical (unpaired) electrons. The zero-order chi connectivity index (χ0) is 22.3. The van der Waals surface area contributed by atoms with Crippen molar-refractivity contribution in [3.8, 4) is 5.69 Å². The molecule has 10 heteroatoms. The Bertz CT molecular complexity index is 1050. The van der Waals surface area contributed by atoms with Gasteiger partial charge in [0.05, 0.1) is 24.7 Å². The fourth-order valence-electron chi connectivity index (χ4n) is 3.34. The largest absolute Gasteiger partial charge is 0.378 e. The van der Waals surface area contributed by atoms with Gasteiger partial charge in [0.15, 0.2) is 5.16 Å². The van der Waals surface area contributed by atoms with Crippen molar-refractivity contribution in [1.29, 1.82) is 0 Å². The van der Waals surface area contributed by atoms with Crippen LogP contribution in [0.15, 0.2) is 53.7 Å². The predicted octanol–water partition coefficient (Wildman–Crippen LogP) is 2.83. The number of anilines is 1. The molecular formula is C22H23F2N5O2S. The highest BCUT2D eigenvalue weighted by atomic mass is 32.2. The van der Waals surface area contributed by atoms with E-state index in [9.17, 15) is 13.6 Å². The van der Waals surface area contributed by atoms with E-state index in [-0.39, 0.29) is 23.3 Å². The van der Waals surface area contributed by atoms with Crippen molar-refractivity contribution in [2.75, 3.05) is 43.5 Å². The molecule has 3 aromatic rings. The second-order valence-corrected chi connectivity index (χ2v) is 8.15. The summed E-state index contributed by atoms with van der Waals surface area (Å²) >= 11 is 1.24. The number of ether oxygens (including phenoxy) is 1. The van der Waals surface area contributed by atoms with Gasteiger partial charge in [0.1, 0.15) is 11.6 Å². The maximum atomic E-state index is 13.9. The fraction of sp³-hybridized carbons (Fsp3) is 0.318. The second-order valence-electron chi connectivity index (χ2n) is 7.21. The van der Waals surface area contributed by atoms with Crippen molar-refractivity contribution in [3.05, 3.63) is 65.7 Å². The summed E-state index contributed by atoms with van der Waals surface area (Å²) in [4.78, 5) is 14.4. The van der Waals surface area contributed by atoms with Crippen LogP contribution in [0.1, 0.15) is 5.56 Å². The van der Waals surface area contributed by atoms with E-state index in [1.807, 2.05) is 4.90 Å². The quantitative estimate of drug-likeness (QED) is 0.523. The topological polar surface area (TPSA) is 72.3 Å². The first-order chi connectivity index (χ1) is 15.6. The zero-order valence-corrected chi connectivity index (χ0v) is 18.2. The van der Waals surface area contributed by atoms with Gasteiger partial charge < -0.3 is 15.0 Å². The van der Waals surface area contributed by atoms with E-state index in [2.05, 4.69) is 15.5 Å². The normalized spacial score (nSPS) is 13.9. The molecule has 2 heterocycles. The molecule has 2 aromatic carbocycles. The van der Waals surface area contributed by atoms with E-state index in [4.69, 9.17) is 4.74 Å². The average molecular weight is 460 g/mol. The Labute approximate surface area is 188 Å². The van der Waals surface area contributed by atoms with Crippen LogP contribution in [-0.2, 0) is 16.0 Å². The van der Waals surface area contributed by atoms with Crippen LogP contribution in [0.4, 0.5) is 14.7 Å². The van der Waals surface area contributed by atoms with E-state index in [0.717, 1.165) is 5.56 Å². The molecule has 1 N–H and O–H groups in total. The van der Waals surface area contributed by atoms with Crippen LogP contribution in [0.25, 0.3) is 5.69 Å². The number of benzene rings is 2. The van der Waals surface area contributed by atoms with Crippen LogP contribution in [0.5, 0.6) is 0 Å². The summed E-state index contributed by atoms with van der Waals surface area (Å²) in [6.45, 7) is 2.91. The SMILES string of the molecule is O=C(CSc1nnc(N2CCOCC2)n1-c1cccc(F)c1)NCCc1ccc(F)cc1. The number of nitrogens with one attached hydrogen (secondary N) is 1. The number of thioether (sulfide) groups is 1. The maximum absolute atomic E-state index is 13.9. The summed E-state index contributed by atoms with van der Waals surface area (Å²) in [5, 5.41) is 11.9. The summed E-state index contributed by atoms with van der Waals surface area (Å²) in [6, 6.07) is 12.4. The van der Waals surface area contributed by atoms with Gasteiger partial charge in [-0.05, 0) is 42.3 Å². The number of nitrogens with zero attached hydrogens (tertiary/aromatic N) is 4. The first-order valence-electron chi connectivity index (χ1n) is 10.3. The van der Waals surface area contributed by atoms with Crippen LogP contribution in [0, 0.1) is 11.6 Å². The summed E-state index contributed by atoms with van der Waals surface area (Å²) in [5.41, 5.74) is 1.54. The monoisotopic (exact) mass is 459 g/mol. The number of hydrogen-bond donors (Lipinski definition) is 1. The molecular weight excluding hydrogens is 436 g/mol. The molecule has 168 valence electrons. The van der Waals surface area contributed by atoms with Gasteiger partial charge in [0.25, 0.3) is 0 Å². The Morgan fingerprint density at radius 1 is 1.06 bits per heavy atom. The third-order valence-corrected chi connectivity index (χ3v) is 5.89. The number of carbonyl (C=O) groups excluding carboxylic acids is 1. The van der Waals surface area contributed by atoms with E-state index in [1.165, 1.54) is 36.0 Å². The minimum Gasteiger partial charge on any atom is -0.378 e. The standard InChI is InChI=1S/C22H23F2N5O2S/c23-17-6-4-16(5-7-17)8-9-25-20(30)15-32-22-27-26-21(28-10-12-31-13-11-28)29(22)19-3-1-2-18(24)14-19/h1-7,14H,8-13,15H2,(H,25,30). The number of hydrogen-bond acceptors (Lipinski definition) is 6. The van der Waals surface area contributed by atoms with E-state index in [0.29, 0.717) is 56.1 Å². The average Bonchev–Trinajstić information content (AvgIpc) is 3.24. The van der Waals surface area contributed by atoms with E-state index >= 15 is 0 Å². The van der Waals surface area contributed by atoms with Gasteiger partial charge in [-0.3, -0.25) is 9.36 Å². The third kappa shape index (κ3) is 5.63. The smallest absolute Gasteiger partial charge is 0.232 e. The lowest BCUT2D eigenvalue weighted by Crippen LogP contribution is -2.37. The number of carbonyl (C=O) groups is 1. The van der Waals surface area contributed by atoms with Gasteiger partial charge in [0.2, 0.25) is 11.9 Å². The molecule has 7 nitrogen and oxygen atoms in total. The van der Waals surface area contributed by atoms with Crippen molar-refractivity contribution in [2.45, 2.75) is 11.6 Å². The number of amides is 1. The number of aromatic nitrogens is 3. The highest BCUT2D eigenvalue weighted by Crippen LogP contribution is 2.27. The molecule has 4 rings (SSSR count). The van der Waals surface area contributed by atoms with Crippen LogP contribution >= 0.6 is 11.8 Å². The minimum absolute atomic E-state index is 0.139. The van der Waals surface area contributed by atoms with Crippen LogP contribution in [-0.4, -0.2) is 59.3 Å². The number of morpholine rings is 1. The van der Waals surface area contributed by atoms with Crippen molar-refractivity contribution >= 4 is 23.6 Å². The highest BCUT2D eigenvalue weighted by Gasteiger charge is 2.22. The van der Waals surface area contributed by atoms with Crippen LogP contribution in [0.3, 0.4) is 0 Å². The lowest BCUT2D eigenvalue weighted by Gasteiger charge is -2.27. The molecule has 0 aliphatic carbocycles. The Morgan fingerprint density at radius 2 is 1.84 bits per heavy atom. The van der Waals surface area contributed by atoms with E-state index < -0.39 is 0 Å². The molecule has 1 amide bonds. The molecule has 1 aliphatic heterocycles. The molecule has 1 aromatic heterocycles. The van der Waals surface area contributed by atoms with Gasteiger partial charge in [-0.15, -0.1) is 10.2 Å². The Kier molecular flexibility index (Phi) is 7.33. The van der Waals surface area contributed by atoms with Gasteiger partial charge in [-0.25, -0.2) is 8.78 Å². The molecule has 1 aliphatic rings. The molecule has 0 spiro atoms. The van der Waals surface area contributed by atoms with Crippen molar-refractivity contribution in [2.24, 2.45) is 0 Å². The lowest BCUT2D eigenvalue weighted by atomic mass is 10.1. The summed E-state index contributed by atoms with van der Waals surface area (Å²) in [5.74, 6) is -0.0661. The van der Waals surface area contributed by atoms with Crippen LogP contribution < -0.4 is 10.2 Å². The maximum Gasteiger partial charge on any atom is 0.232 e. The summed E-state index contributed by atoms with van der Waals surface area (Å²) < 4.78 is 34.1. The lowest BCUT2D eigenvalue weighted by molar-refractivity contribution is -0.118. The summed E-state index contributed by atoms with van der Waals surface area (Å²) in [6.07, 6.45) is 0.608.